The molecule has 3 nitrogen and oxygen atoms in total. The van der Waals surface area contributed by atoms with Crippen LogP contribution >= 0.6 is 0 Å². The Bertz CT molecular complexity index is 360. The molecule has 0 aliphatic carbocycles. The molecule has 5 heteroatoms. The van der Waals surface area contributed by atoms with E-state index in [9.17, 15) is 0 Å². The number of rotatable bonds is 7. The third kappa shape index (κ3) is 5.92. The summed E-state index contributed by atoms with van der Waals surface area (Å²) in [4.78, 5) is 5.02. The van der Waals surface area contributed by atoms with Crippen molar-refractivity contribution in [2.24, 2.45) is 0 Å². The van der Waals surface area contributed by atoms with Gasteiger partial charge in [-0.2, -0.15) is 0 Å². The van der Waals surface area contributed by atoms with Crippen molar-refractivity contribution in [1.82, 2.24) is 9.80 Å². The Balaban J connectivity index is 2.48. The molecule has 0 spiro atoms. The van der Waals surface area contributed by atoms with Crippen LogP contribution in [0.3, 0.4) is 0 Å². The van der Waals surface area contributed by atoms with Crippen LogP contribution in [0.25, 0.3) is 0 Å². The van der Waals surface area contributed by atoms with Crippen molar-refractivity contribution in [3.63, 3.8) is 0 Å². The Morgan fingerprint density at radius 1 is 1.09 bits per heavy atom. The number of hydrogen-bond acceptors (Lipinski definition) is 3. The van der Waals surface area contributed by atoms with Crippen LogP contribution in [-0.4, -0.2) is 66.2 Å². The summed E-state index contributed by atoms with van der Waals surface area (Å²) in [6.07, 6.45) is 1.24. The molecular weight excluding hydrogens is 304 g/mol. The van der Waals surface area contributed by atoms with Crippen molar-refractivity contribution in [3.8, 4) is 0 Å². The van der Waals surface area contributed by atoms with Gasteiger partial charge in [0.25, 0.3) is 0 Å². The number of hydrogen-bond donors (Lipinski definition) is 0. The van der Waals surface area contributed by atoms with Gasteiger partial charge in [-0.15, -0.1) is 6.58 Å². The third-order valence-electron chi connectivity index (χ3n) is 5.47. The first kappa shape index (κ1) is 20.1. The first-order valence-corrected chi connectivity index (χ1v) is 14.3. The molecule has 0 radical (unpaired) electrons. The molecule has 22 heavy (non-hydrogen) atoms. The molecule has 1 aliphatic heterocycles. The van der Waals surface area contributed by atoms with E-state index in [0.717, 1.165) is 0 Å². The van der Waals surface area contributed by atoms with Crippen LogP contribution in [0.1, 0.15) is 27.2 Å². The van der Waals surface area contributed by atoms with E-state index in [4.69, 9.17) is 4.12 Å². The van der Waals surface area contributed by atoms with Gasteiger partial charge in [-0.3, -0.25) is 0 Å². The van der Waals surface area contributed by atoms with E-state index in [1.165, 1.54) is 45.2 Å². The van der Waals surface area contributed by atoms with Crippen LogP contribution in [0.4, 0.5) is 0 Å². The predicted molar refractivity (Wildman–Crippen MR) is 103 cm³/mol. The van der Waals surface area contributed by atoms with E-state index in [1.807, 2.05) is 0 Å². The van der Waals surface area contributed by atoms with E-state index in [2.05, 4.69) is 69.5 Å². The number of likely N-dealkylation sites (N-methyl/N-ethyl adjacent to an activating group) is 1. The minimum Gasteiger partial charge on any atom is -0.452 e. The number of nitrogens with zero attached hydrogens (tertiary/aromatic N) is 2. The quantitative estimate of drug-likeness (QED) is 0.652. The predicted octanol–water partition coefficient (Wildman–Crippen LogP) is 3.95. The van der Waals surface area contributed by atoms with E-state index in [-0.39, 0.29) is 5.04 Å². The van der Waals surface area contributed by atoms with Crippen molar-refractivity contribution in [1.29, 1.82) is 0 Å². The Hall–Kier alpha value is 0.0538. The molecule has 0 N–H and O–H groups in total. The summed E-state index contributed by atoms with van der Waals surface area (Å²) in [6, 6.07) is 1.20. The van der Waals surface area contributed by atoms with E-state index >= 15 is 0 Å². The Morgan fingerprint density at radius 2 is 1.64 bits per heavy atom. The maximum absolute atomic E-state index is 6.78. The fourth-order valence-electron chi connectivity index (χ4n) is 2.66. The molecule has 0 aromatic heterocycles. The molecule has 1 fully saturated rings. The molecule has 130 valence electrons. The van der Waals surface area contributed by atoms with Crippen molar-refractivity contribution in [2.75, 3.05) is 39.8 Å². The van der Waals surface area contributed by atoms with Crippen molar-refractivity contribution in [3.05, 3.63) is 12.3 Å². The van der Waals surface area contributed by atoms with Gasteiger partial charge in [0.2, 0.25) is 8.32 Å². The lowest BCUT2D eigenvalue weighted by Crippen LogP contribution is -2.51. The molecular formula is C17H38N2OSi2. The fourth-order valence-corrected chi connectivity index (χ4v) is 10.3. The summed E-state index contributed by atoms with van der Waals surface area (Å²) in [6.45, 7) is 24.2. The monoisotopic (exact) mass is 342 g/mol. The normalized spacial score (nSPS) is 21.6. The molecule has 0 amide bonds. The second-order valence-electron chi connectivity index (χ2n) is 8.63. The summed E-state index contributed by atoms with van der Waals surface area (Å²) in [7, 11) is -1.25. The van der Waals surface area contributed by atoms with Crippen LogP contribution in [0, 0.1) is 0 Å². The lowest BCUT2D eigenvalue weighted by Gasteiger charge is -2.43. The molecule has 1 saturated heterocycles. The van der Waals surface area contributed by atoms with Gasteiger partial charge in [0.05, 0.1) is 0 Å². The molecule has 1 rings (SSSR count). The summed E-state index contributed by atoms with van der Waals surface area (Å²) >= 11 is 0. The van der Waals surface area contributed by atoms with Crippen LogP contribution in [0.15, 0.2) is 12.3 Å². The second-order valence-corrected chi connectivity index (χ2v) is 17.5. The highest BCUT2D eigenvalue weighted by Crippen LogP contribution is 2.39. The lowest BCUT2D eigenvalue weighted by molar-refractivity contribution is 0.154. The Labute approximate surface area is 141 Å². The van der Waals surface area contributed by atoms with Crippen LogP contribution < -0.4 is 0 Å². The Morgan fingerprint density at radius 3 is 2.09 bits per heavy atom. The van der Waals surface area contributed by atoms with Gasteiger partial charge < -0.3 is 13.9 Å². The van der Waals surface area contributed by atoms with Gasteiger partial charge >= 0.3 is 0 Å². The molecule has 1 atom stereocenters. The molecule has 0 saturated carbocycles. The van der Waals surface area contributed by atoms with Crippen LogP contribution in [-0.2, 0) is 4.12 Å². The maximum atomic E-state index is 6.78. The summed E-state index contributed by atoms with van der Waals surface area (Å²) in [5, 5.41) is 0.279. The molecule has 0 bridgehead atoms. The first-order chi connectivity index (χ1) is 9.99. The largest absolute Gasteiger partial charge is 0.452 e. The van der Waals surface area contributed by atoms with Crippen molar-refractivity contribution < 1.29 is 4.12 Å². The standard InChI is InChI=1S/C17H38N2OSi2/c1-9-22(8,20-21(6,7)17(2,3)4)16-10-11-19-14-12-18(5)13-15-19/h9H,1,10-16H2,2-8H3. The lowest BCUT2D eigenvalue weighted by atomic mass is 10.2. The zero-order chi connectivity index (χ0) is 17.0. The highest BCUT2D eigenvalue weighted by Gasteiger charge is 2.42. The highest BCUT2D eigenvalue weighted by molar-refractivity contribution is 6.89. The molecule has 0 aromatic carbocycles. The van der Waals surface area contributed by atoms with E-state index < -0.39 is 16.6 Å². The third-order valence-corrected chi connectivity index (χ3v) is 15.2. The average Bonchev–Trinajstić information content (AvgIpc) is 2.39. The maximum Gasteiger partial charge on any atom is 0.201 e. The van der Waals surface area contributed by atoms with Gasteiger partial charge in [-0.05, 0) is 50.7 Å². The fraction of sp³-hybridized carbons (Fsp3) is 0.882. The SMILES string of the molecule is C=C[Si](C)(CCCN1CCN(C)CC1)O[Si](C)(C)C(C)(C)C. The second kappa shape index (κ2) is 7.75. The van der Waals surface area contributed by atoms with Gasteiger partial charge in [0, 0.05) is 26.2 Å². The van der Waals surface area contributed by atoms with Gasteiger partial charge in [0.15, 0.2) is 8.32 Å². The van der Waals surface area contributed by atoms with Gasteiger partial charge in [-0.25, -0.2) is 0 Å². The van der Waals surface area contributed by atoms with Crippen LogP contribution in [0.2, 0.25) is 30.7 Å². The summed E-state index contributed by atoms with van der Waals surface area (Å²) in [5.74, 6) is 0. The molecule has 1 aliphatic rings. The van der Waals surface area contributed by atoms with Gasteiger partial charge in [0.1, 0.15) is 0 Å². The zero-order valence-corrected chi connectivity index (χ0v) is 18.0. The molecule has 1 unspecified atom stereocenters. The van der Waals surface area contributed by atoms with Gasteiger partial charge in [-0.1, -0.05) is 26.5 Å². The summed E-state index contributed by atoms with van der Waals surface area (Å²) < 4.78 is 6.78. The molecule has 0 aromatic rings. The average molecular weight is 343 g/mol. The van der Waals surface area contributed by atoms with Crippen molar-refractivity contribution in [2.45, 2.75) is 57.9 Å². The van der Waals surface area contributed by atoms with E-state index in [1.54, 1.807) is 0 Å². The Kier molecular flexibility index (Phi) is 7.08. The molecule has 1 heterocycles. The number of piperazine rings is 1. The highest BCUT2D eigenvalue weighted by atomic mass is 28.4. The zero-order valence-electron chi connectivity index (χ0n) is 16.0. The summed E-state index contributed by atoms with van der Waals surface area (Å²) in [5.41, 5.74) is 2.16. The minimum atomic E-state index is -1.78. The van der Waals surface area contributed by atoms with E-state index in [0.29, 0.717) is 0 Å². The smallest absolute Gasteiger partial charge is 0.201 e. The topological polar surface area (TPSA) is 15.7 Å². The first-order valence-electron chi connectivity index (χ1n) is 8.74. The van der Waals surface area contributed by atoms with Crippen LogP contribution in [0.5, 0.6) is 0 Å². The van der Waals surface area contributed by atoms with Crippen molar-refractivity contribution >= 4 is 16.6 Å². The minimum absolute atomic E-state index is 0.279.